The zero-order chi connectivity index (χ0) is 25.9. The highest BCUT2D eigenvalue weighted by atomic mass is 19.4. The lowest BCUT2D eigenvalue weighted by molar-refractivity contribution is -0.871. The quantitative estimate of drug-likeness (QED) is 0.485. The van der Waals surface area contributed by atoms with E-state index in [1.807, 2.05) is 51.5 Å². The van der Waals surface area contributed by atoms with E-state index in [1.165, 1.54) is 0 Å². The number of benzene rings is 2. The molecule has 0 fully saturated rings. The molecular weight excluding hydrogens is 453 g/mol. The number of hydrogen-bond acceptors (Lipinski definition) is 4. The van der Waals surface area contributed by atoms with Crippen molar-refractivity contribution in [1.82, 2.24) is 5.32 Å². The molecule has 0 bridgehead atoms. The van der Waals surface area contributed by atoms with Gasteiger partial charge in [0.05, 0.1) is 40.2 Å². The maximum atomic E-state index is 12.5. The van der Waals surface area contributed by atoms with E-state index >= 15 is 0 Å². The molecule has 2 aromatic rings. The first-order valence-corrected chi connectivity index (χ1v) is 9.96. The minimum Gasteiger partial charge on any atom is -0.542 e. The van der Waals surface area contributed by atoms with Crippen LogP contribution in [0.25, 0.3) is 0 Å². The highest BCUT2D eigenvalue weighted by Gasteiger charge is 2.28. The molecule has 34 heavy (non-hydrogen) atoms. The lowest BCUT2D eigenvalue weighted by atomic mass is 10.1. The molecule has 0 aliphatic rings. The lowest BCUT2D eigenvalue weighted by Gasteiger charge is -2.29. The van der Waals surface area contributed by atoms with Crippen LogP contribution in [0.5, 0.6) is 0 Å². The number of halogens is 3. The van der Waals surface area contributed by atoms with E-state index in [-0.39, 0.29) is 12.3 Å². The molecule has 0 aromatic heterocycles. The van der Waals surface area contributed by atoms with Crippen LogP contribution in [-0.2, 0) is 9.59 Å². The zero-order valence-electron chi connectivity index (χ0n) is 18.8. The Hall–Kier alpha value is -3.84. The first-order chi connectivity index (χ1) is 15.7. The van der Waals surface area contributed by atoms with Crippen molar-refractivity contribution >= 4 is 17.8 Å². The molecule has 0 aliphatic heterocycles. The Bertz CT molecular complexity index is 1030. The van der Waals surface area contributed by atoms with Gasteiger partial charge in [-0.05, 0) is 36.4 Å². The third kappa shape index (κ3) is 11.7. The van der Waals surface area contributed by atoms with Gasteiger partial charge in [-0.15, -0.1) is 0 Å². The number of likely N-dealkylation sites (N-methyl/N-ethyl adjacent to an activating group) is 1. The average molecular weight is 478 g/mol. The van der Waals surface area contributed by atoms with Crippen molar-refractivity contribution in [3.05, 3.63) is 71.3 Å². The van der Waals surface area contributed by atoms with E-state index in [0.717, 1.165) is 11.1 Å². The number of alkyl halides is 3. The fourth-order valence-electron chi connectivity index (χ4n) is 2.67. The number of hydrogen-bond donors (Lipinski definition) is 2. The Morgan fingerprint density at radius 3 is 1.85 bits per heavy atom. The summed E-state index contributed by atoms with van der Waals surface area (Å²) in [6.07, 6.45) is -5.30. The van der Waals surface area contributed by atoms with Gasteiger partial charge in [0.15, 0.2) is 0 Å². The van der Waals surface area contributed by atoms with Crippen molar-refractivity contribution < 1.29 is 42.3 Å². The number of nitrogens with one attached hydrogen (secondary N) is 1. The smallest absolute Gasteiger partial charge is 0.430 e. The van der Waals surface area contributed by atoms with Gasteiger partial charge in [0.25, 0.3) is 5.91 Å². The molecule has 10 heteroatoms. The lowest BCUT2D eigenvalue weighted by Crippen LogP contribution is -2.49. The second-order valence-electron chi connectivity index (χ2n) is 8.22. The Labute approximate surface area is 195 Å². The van der Waals surface area contributed by atoms with Crippen molar-refractivity contribution in [3.8, 4) is 11.8 Å². The van der Waals surface area contributed by atoms with Crippen molar-refractivity contribution in [1.29, 1.82) is 0 Å². The predicted molar refractivity (Wildman–Crippen MR) is 116 cm³/mol. The molecule has 0 radical (unpaired) electrons. The van der Waals surface area contributed by atoms with Crippen molar-refractivity contribution in [2.24, 2.45) is 0 Å². The van der Waals surface area contributed by atoms with Crippen molar-refractivity contribution in [2.45, 2.75) is 18.6 Å². The van der Waals surface area contributed by atoms with Gasteiger partial charge in [0, 0.05) is 16.7 Å². The second-order valence-corrected chi connectivity index (χ2v) is 8.22. The number of carbonyl (C=O) groups is 3. The number of rotatable bonds is 6. The van der Waals surface area contributed by atoms with Gasteiger partial charge in [-0.1, -0.05) is 30.0 Å². The van der Waals surface area contributed by atoms with Gasteiger partial charge in [0.2, 0.25) is 0 Å². The normalized spacial score (nSPS) is 11.7. The molecule has 7 nitrogen and oxygen atoms in total. The van der Waals surface area contributed by atoms with Gasteiger partial charge in [-0.2, -0.15) is 13.2 Å². The number of aliphatic carboxylic acids is 2. The van der Waals surface area contributed by atoms with Gasteiger partial charge in [0.1, 0.15) is 5.97 Å². The molecule has 0 saturated carbocycles. The largest absolute Gasteiger partial charge is 0.542 e. The standard InChI is InChI=1S/C22H24N2O3.C2HF3O2/c1-24(2,3)16-20(15-21(25)26)23-22(27)19-13-11-18(12-14-19)10-9-17-7-5-4-6-8-17;3-2(4,5)1(6)7/h4-8,11-14,20H,15-16H2,1-3H3,(H-,23,25,26,27);(H,6,7). The van der Waals surface area contributed by atoms with Crippen LogP contribution >= 0.6 is 0 Å². The minimum atomic E-state index is -5.19. The van der Waals surface area contributed by atoms with Gasteiger partial charge < -0.3 is 24.8 Å². The van der Waals surface area contributed by atoms with E-state index in [9.17, 15) is 22.8 Å². The molecule has 2 N–H and O–H groups in total. The van der Waals surface area contributed by atoms with Crippen LogP contribution in [0.3, 0.4) is 0 Å². The third-order valence-electron chi connectivity index (χ3n) is 4.03. The summed E-state index contributed by atoms with van der Waals surface area (Å²) in [6.45, 7) is 0.526. The molecule has 0 heterocycles. The SMILES string of the molecule is C[N+](C)(C)CC(CC(=O)O)NC(=O)c1ccc(C#Cc2ccccc2)cc1.O=C([O-])C(F)(F)F. The van der Waals surface area contributed by atoms with Crippen LogP contribution in [0.4, 0.5) is 13.2 Å². The number of amides is 1. The molecule has 1 amide bonds. The number of carbonyl (C=O) groups excluding carboxylic acids is 2. The third-order valence-corrected chi connectivity index (χ3v) is 4.03. The molecule has 182 valence electrons. The van der Waals surface area contributed by atoms with Crippen molar-refractivity contribution in [3.63, 3.8) is 0 Å². The first kappa shape index (κ1) is 28.2. The van der Waals surface area contributed by atoms with Crippen molar-refractivity contribution in [2.75, 3.05) is 27.7 Å². The molecule has 0 saturated heterocycles. The number of carboxylic acid groups (broad SMARTS) is 2. The van der Waals surface area contributed by atoms with Crippen LogP contribution < -0.4 is 10.4 Å². The molecular formula is C24H25F3N2O5. The predicted octanol–water partition coefficient (Wildman–Crippen LogP) is 1.66. The zero-order valence-corrected chi connectivity index (χ0v) is 18.8. The van der Waals surface area contributed by atoms with E-state index in [0.29, 0.717) is 16.6 Å². The summed E-state index contributed by atoms with van der Waals surface area (Å²) in [5.74, 6) is 1.92. The fraction of sp³-hybridized carbons (Fsp3) is 0.292. The summed E-state index contributed by atoms with van der Waals surface area (Å²) < 4.78 is 32.1. The molecule has 1 unspecified atom stereocenters. The van der Waals surface area contributed by atoms with E-state index in [4.69, 9.17) is 15.0 Å². The Morgan fingerprint density at radius 1 is 0.971 bits per heavy atom. The summed E-state index contributed by atoms with van der Waals surface area (Å²) in [6, 6.07) is 16.2. The maximum Gasteiger partial charge on any atom is 0.430 e. The topological polar surface area (TPSA) is 107 Å². The summed E-state index contributed by atoms with van der Waals surface area (Å²) >= 11 is 0. The van der Waals surface area contributed by atoms with Crippen LogP contribution in [0, 0.1) is 11.8 Å². The van der Waals surface area contributed by atoms with Gasteiger partial charge in [-0.25, -0.2) is 0 Å². The minimum absolute atomic E-state index is 0.109. The van der Waals surface area contributed by atoms with E-state index < -0.39 is 24.2 Å². The Morgan fingerprint density at radius 2 is 1.44 bits per heavy atom. The highest BCUT2D eigenvalue weighted by Crippen LogP contribution is 2.11. The summed E-state index contributed by atoms with van der Waals surface area (Å²) in [5.41, 5.74) is 2.22. The maximum absolute atomic E-state index is 12.5. The molecule has 0 spiro atoms. The highest BCUT2D eigenvalue weighted by molar-refractivity contribution is 5.94. The Balaban J connectivity index is 0.000000718. The van der Waals surface area contributed by atoms with Gasteiger partial charge in [-0.3, -0.25) is 9.59 Å². The van der Waals surface area contributed by atoms with E-state index in [1.54, 1.807) is 24.3 Å². The van der Waals surface area contributed by atoms with Crippen LogP contribution in [-0.4, -0.2) is 67.3 Å². The van der Waals surface area contributed by atoms with Gasteiger partial charge >= 0.3 is 12.1 Å². The van der Waals surface area contributed by atoms with Crippen LogP contribution in [0.15, 0.2) is 54.6 Å². The summed E-state index contributed by atoms with van der Waals surface area (Å²) in [4.78, 5) is 32.3. The first-order valence-electron chi connectivity index (χ1n) is 9.96. The molecule has 0 aliphatic carbocycles. The monoisotopic (exact) mass is 478 g/mol. The second kappa shape index (κ2) is 12.4. The van der Waals surface area contributed by atoms with E-state index in [2.05, 4.69) is 17.2 Å². The Kier molecular flexibility index (Phi) is 10.3. The average Bonchev–Trinajstić information content (AvgIpc) is 2.71. The molecule has 1 atom stereocenters. The molecule has 2 rings (SSSR count). The summed E-state index contributed by atoms with van der Waals surface area (Å²) in [7, 11) is 5.88. The van der Waals surface area contributed by atoms with Crippen LogP contribution in [0.1, 0.15) is 27.9 Å². The fourth-order valence-corrected chi connectivity index (χ4v) is 2.67. The van der Waals surface area contributed by atoms with Crippen LogP contribution in [0.2, 0.25) is 0 Å². The number of quaternary nitrogens is 1. The number of nitrogens with zero attached hydrogens (tertiary/aromatic N) is 1. The molecule has 2 aromatic carbocycles. The summed E-state index contributed by atoms with van der Waals surface area (Å²) in [5, 5.41) is 20.7. The number of carboxylic acids is 2.